The van der Waals surface area contributed by atoms with Gasteiger partial charge in [-0.3, -0.25) is 9.79 Å². The van der Waals surface area contributed by atoms with E-state index in [-0.39, 0.29) is 17.4 Å². The normalized spacial score (nSPS) is 11.7. The summed E-state index contributed by atoms with van der Waals surface area (Å²) in [6.07, 6.45) is 1.42. The fourth-order valence-electron chi connectivity index (χ4n) is 3.66. The average molecular weight is 506 g/mol. The van der Waals surface area contributed by atoms with Gasteiger partial charge in [-0.25, -0.2) is 22.5 Å². The molecule has 1 heterocycles. The molecule has 0 saturated heterocycles. The summed E-state index contributed by atoms with van der Waals surface area (Å²) in [6.45, 7) is 1.95. The Morgan fingerprint density at radius 1 is 1.03 bits per heavy atom. The zero-order valence-corrected chi connectivity index (χ0v) is 20.3. The van der Waals surface area contributed by atoms with Gasteiger partial charge in [-0.1, -0.05) is 18.2 Å². The van der Waals surface area contributed by atoms with E-state index in [4.69, 9.17) is 4.74 Å². The molecule has 10 heteroatoms. The number of rotatable bonds is 7. The number of ether oxygens (including phenoxy) is 1. The van der Waals surface area contributed by atoms with Crippen molar-refractivity contribution < 1.29 is 23.1 Å². The van der Waals surface area contributed by atoms with Crippen LogP contribution in [0.2, 0.25) is 0 Å². The van der Waals surface area contributed by atoms with Crippen LogP contribution in [-0.2, 0) is 14.8 Å². The molecule has 0 bridgehead atoms. The lowest BCUT2D eigenvalue weighted by Gasteiger charge is -2.14. The first-order valence-corrected chi connectivity index (χ1v) is 12.5. The van der Waals surface area contributed by atoms with Gasteiger partial charge in [0.1, 0.15) is 0 Å². The largest absolute Gasteiger partial charge is 0.494 e. The van der Waals surface area contributed by atoms with E-state index in [0.717, 1.165) is 4.57 Å². The topological polar surface area (TPSA) is 127 Å². The van der Waals surface area contributed by atoms with Crippen LogP contribution in [0.1, 0.15) is 22.8 Å². The van der Waals surface area contributed by atoms with Crippen molar-refractivity contribution in [2.45, 2.75) is 11.8 Å². The van der Waals surface area contributed by atoms with Gasteiger partial charge in [0.25, 0.3) is 5.56 Å². The molecule has 0 unspecified atom stereocenters. The lowest BCUT2D eigenvalue weighted by Crippen LogP contribution is -2.20. The number of sulfonamides is 1. The Balaban J connectivity index is 1.80. The Kier molecular flexibility index (Phi) is 7.00. The third-order valence-corrected chi connectivity index (χ3v) is 6.93. The predicted octanol–water partition coefficient (Wildman–Crippen LogP) is 3.53. The maximum absolute atomic E-state index is 13.3. The minimum atomic E-state index is -3.58. The van der Waals surface area contributed by atoms with Crippen molar-refractivity contribution in [2.24, 2.45) is 4.99 Å². The lowest BCUT2D eigenvalue weighted by molar-refractivity contribution is 0.0526. The molecule has 0 aliphatic carbocycles. The number of fused-ring (bicyclic) bond motifs is 1. The molecule has 0 radical (unpaired) electrons. The number of pyridine rings is 1. The van der Waals surface area contributed by atoms with Gasteiger partial charge in [0, 0.05) is 17.0 Å². The first-order valence-electron chi connectivity index (χ1n) is 11.0. The van der Waals surface area contributed by atoms with E-state index in [1.54, 1.807) is 43.3 Å². The highest BCUT2D eigenvalue weighted by molar-refractivity contribution is 7.89. The van der Waals surface area contributed by atoms with Crippen LogP contribution < -0.4 is 10.3 Å². The van der Waals surface area contributed by atoms with Gasteiger partial charge in [-0.2, -0.15) is 0 Å². The molecule has 36 heavy (non-hydrogen) atoms. The molecule has 184 valence electrons. The van der Waals surface area contributed by atoms with Crippen molar-refractivity contribution in [3.05, 3.63) is 94.3 Å². The van der Waals surface area contributed by atoms with Crippen LogP contribution in [0.15, 0.2) is 87.5 Å². The number of esters is 1. The van der Waals surface area contributed by atoms with E-state index < -0.39 is 21.6 Å². The van der Waals surface area contributed by atoms with Crippen molar-refractivity contribution in [3.63, 3.8) is 0 Å². The van der Waals surface area contributed by atoms with Crippen molar-refractivity contribution >= 4 is 38.7 Å². The van der Waals surface area contributed by atoms with E-state index in [2.05, 4.69) is 9.71 Å². The van der Waals surface area contributed by atoms with E-state index in [1.807, 2.05) is 0 Å². The number of aromatic hydroxyl groups is 1. The van der Waals surface area contributed by atoms with Crippen molar-refractivity contribution in [2.75, 3.05) is 13.7 Å². The minimum Gasteiger partial charge on any atom is -0.494 e. The summed E-state index contributed by atoms with van der Waals surface area (Å²) in [6, 6.07) is 18.8. The first kappa shape index (κ1) is 24.8. The van der Waals surface area contributed by atoms with Crippen LogP contribution in [0.4, 0.5) is 5.69 Å². The summed E-state index contributed by atoms with van der Waals surface area (Å²) in [5.74, 6) is -0.818. The summed E-state index contributed by atoms with van der Waals surface area (Å²) < 4.78 is 32.3. The maximum atomic E-state index is 13.3. The summed E-state index contributed by atoms with van der Waals surface area (Å²) in [4.78, 5) is 29.7. The van der Waals surface area contributed by atoms with Crippen LogP contribution >= 0.6 is 0 Å². The molecule has 0 aliphatic rings. The zero-order valence-electron chi connectivity index (χ0n) is 19.5. The van der Waals surface area contributed by atoms with Gasteiger partial charge >= 0.3 is 5.97 Å². The predicted molar refractivity (Wildman–Crippen MR) is 137 cm³/mol. The molecule has 0 saturated carbocycles. The molecule has 4 rings (SSSR count). The van der Waals surface area contributed by atoms with Crippen LogP contribution in [0.5, 0.6) is 5.88 Å². The van der Waals surface area contributed by atoms with Crippen LogP contribution in [0, 0.1) is 0 Å². The molecule has 4 aromatic rings. The zero-order chi connectivity index (χ0) is 25.9. The fourth-order valence-corrected chi connectivity index (χ4v) is 4.39. The first-order chi connectivity index (χ1) is 17.3. The summed E-state index contributed by atoms with van der Waals surface area (Å²) >= 11 is 0. The number of aromatic nitrogens is 1. The second-order valence-corrected chi connectivity index (χ2v) is 9.54. The van der Waals surface area contributed by atoms with E-state index >= 15 is 0 Å². The molecule has 3 aromatic carbocycles. The number of hydrogen-bond acceptors (Lipinski definition) is 7. The summed E-state index contributed by atoms with van der Waals surface area (Å²) in [5.41, 5.74) is 0.981. The third kappa shape index (κ3) is 4.77. The van der Waals surface area contributed by atoms with Crippen molar-refractivity contribution in [1.29, 1.82) is 0 Å². The number of nitrogens with one attached hydrogen (secondary N) is 1. The van der Waals surface area contributed by atoms with Crippen molar-refractivity contribution in [3.8, 4) is 11.6 Å². The second-order valence-electron chi connectivity index (χ2n) is 7.65. The van der Waals surface area contributed by atoms with Gasteiger partial charge in [-0.15, -0.1) is 0 Å². The molecule has 0 amide bonds. The van der Waals surface area contributed by atoms with Crippen LogP contribution in [0.25, 0.3) is 16.5 Å². The molecule has 0 atom stereocenters. The van der Waals surface area contributed by atoms with E-state index in [9.17, 15) is 23.1 Å². The third-order valence-electron chi connectivity index (χ3n) is 5.50. The van der Waals surface area contributed by atoms with Crippen LogP contribution in [0.3, 0.4) is 0 Å². The number of benzene rings is 3. The standard InChI is InChI=1S/C26H23N3O6S/c1-3-35-26(32)17-8-12-19(13-9-17)29-24(30)22-7-5-4-6-21(22)23(25(29)31)16-28-18-10-14-20(15-11-18)36(33,34)27-2/h4-16,27,31H,3H2,1-2H3. The Hall–Kier alpha value is -4.28. The number of nitrogens with zero attached hydrogens (tertiary/aromatic N) is 2. The monoisotopic (exact) mass is 505 g/mol. The fraction of sp³-hybridized carbons (Fsp3) is 0.115. The molecular formula is C26H23N3O6S. The van der Waals surface area contributed by atoms with Gasteiger partial charge in [0.05, 0.1) is 34.0 Å². The number of aliphatic imine (C=N–C) groups is 1. The smallest absolute Gasteiger partial charge is 0.338 e. The maximum Gasteiger partial charge on any atom is 0.338 e. The number of carbonyl (C=O) groups excluding carboxylic acids is 1. The van der Waals surface area contributed by atoms with E-state index in [0.29, 0.717) is 33.3 Å². The molecule has 0 aliphatic heterocycles. The molecule has 2 N–H and O–H groups in total. The summed E-state index contributed by atoms with van der Waals surface area (Å²) in [7, 11) is -2.25. The van der Waals surface area contributed by atoms with Gasteiger partial charge in [-0.05, 0) is 68.6 Å². The highest BCUT2D eigenvalue weighted by atomic mass is 32.2. The average Bonchev–Trinajstić information content (AvgIpc) is 2.89. The molecule has 0 spiro atoms. The molecule has 1 aromatic heterocycles. The number of carbonyl (C=O) groups is 1. The lowest BCUT2D eigenvalue weighted by atomic mass is 10.1. The second kappa shape index (κ2) is 10.1. The Labute approximate surface area is 207 Å². The highest BCUT2D eigenvalue weighted by Gasteiger charge is 2.17. The highest BCUT2D eigenvalue weighted by Crippen LogP contribution is 2.27. The van der Waals surface area contributed by atoms with Gasteiger partial charge in [0.15, 0.2) is 0 Å². The molecule has 9 nitrogen and oxygen atoms in total. The van der Waals surface area contributed by atoms with Gasteiger partial charge in [0.2, 0.25) is 15.9 Å². The van der Waals surface area contributed by atoms with Gasteiger partial charge < -0.3 is 9.84 Å². The van der Waals surface area contributed by atoms with Crippen LogP contribution in [-0.4, -0.2) is 43.9 Å². The molecular weight excluding hydrogens is 482 g/mol. The Bertz CT molecular complexity index is 1620. The minimum absolute atomic E-state index is 0.0945. The molecule has 0 fully saturated rings. The van der Waals surface area contributed by atoms with Crippen molar-refractivity contribution in [1.82, 2.24) is 9.29 Å². The Morgan fingerprint density at radius 2 is 1.67 bits per heavy atom. The summed E-state index contributed by atoms with van der Waals surface area (Å²) in [5, 5.41) is 12.0. The van der Waals surface area contributed by atoms with E-state index in [1.165, 1.54) is 49.7 Å². The quantitative estimate of drug-likeness (QED) is 0.292. The Morgan fingerprint density at radius 3 is 2.28 bits per heavy atom. The number of hydrogen-bond donors (Lipinski definition) is 2. The SMILES string of the molecule is CCOC(=O)c1ccc(-n2c(O)c(C=Nc3ccc(S(=O)(=O)NC)cc3)c3ccccc3c2=O)cc1.